The number of carbonyl (C=O) groups excluding carboxylic acids is 1. The Balaban J connectivity index is 2.38. The minimum atomic E-state index is -1.69. The highest BCUT2D eigenvalue weighted by molar-refractivity contribution is 6.34. The van der Waals surface area contributed by atoms with Crippen LogP contribution in [0.3, 0.4) is 0 Å². The predicted octanol–water partition coefficient (Wildman–Crippen LogP) is 4.63. The van der Waals surface area contributed by atoms with Gasteiger partial charge in [0.25, 0.3) is 5.91 Å². The molecule has 0 heterocycles. The highest BCUT2D eigenvalue weighted by atomic mass is 35.5. The Kier molecular flexibility index (Phi) is 4.23. The van der Waals surface area contributed by atoms with Crippen molar-refractivity contribution in [1.82, 2.24) is 0 Å². The van der Waals surface area contributed by atoms with E-state index in [0.717, 1.165) is 11.6 Å². The minimum absolute atomic E-state index is 0.281. The van der Waals surface area contributed by atoms with Crippen LogP contribution in [0.2, 0.25) is 5.02 Å². The highest BCUT2D eigenvalue weighted by Gasteiger charge is 2.20. The lowest BCUT2D eigenvalue weighted by Crippen LogP contribution is -2.16. The molecule has 2 nitrogen and oxygen atoms in total. The second kappa shape index (κ2) is 5.77. The molecule has 2 aromatic carbocycles. The third-order valence-corrected chi connectivity index (χ3v) is 3.25. The Morgan fingerprint density at radius 3 is 2.38 bits per heavy atom. The van der Waals surface area contributed by atoms with Crippen LogP contribution in [-0.2, 0) is 0 Å². The standard InChI is InChI=1S/C15H11ClF3NO/c1-7-5-8(2)14(10(16)6-7)20-15(21)9-3-4-11(17)13(19)12(9)18/h3-6H,1-2H3,(H,20,21). The van der Waals surface area contributed by atoms with Crippen molar-refractivity contribution in [2.75, 3.05) is 5.32 Å². The normalized spacial score (nSPS) is 10.6. The lowest BCUT2D eigenvalue weighted by atomic mass is 10.1. The van der Waals surface area contributed by atoms with Gasteiger partial charge >= 0.3 is 0 Å². The number of hydrogen-bond acceptors (Lipinski definition) is 1. The Bertz CT molecular complexity index is 708. The smallest absolute Gasteiger partial charge is 0.258 e. The maximum atomic E-state index is 13.6. The highest BCUT2D eigenvalue weighted by Crippen LogP contribution is 2.28. The number of halogens is 4. The van der Waals surface area contributed by atoms with Gasteiger partial charge in [0.2, 0.25) is 0 Å². The number of benzene rings is 2. The molecule has 21 heavy (non-hydrogen) atoms. The third-order valence-electron chi connectivity index (χ3n) is 2.95. The van der Waals surface area contributed by atoms with Crippen LogP contribution in [-0.4, -0.2) is 5.91 Å². The van der Waals surface area contributed by atoms with Crippen LogP contribution in [0, 0.1) is 31.3 Å². The summed E-state index contributed by atoms with van der Waals surface area (Å²) in [7, 11) is 0. The van der Waals surface area contributed by atoms with Gasteiger partial charge in [-0.05, 0) is 43.2 Å². The number of nitrogens with one attached hydrogen (secondary N) is 1. The summed E-state index contributed by atoms with van der Waals surface area (Å²) in [6.45, 7) is 3.55. The molecule has 0 aliphatic rings. The number of anilines is 1. The van der Waals surface area contributed by atoms with E-state index >= 15 is 0 Å². The average Bonchev–Trinajstić information content (AvgIpc) is 2.40. The molecule has 0 aromatic heterocycles. The van der Waals surface area contributed by atoms with Gasteiger partial charge in [0.1, 0.15) is 0 Å². The summed E-state index contributed by atoms with van der Waals surface area (Å²) < 4.78 is 39.6. The minimum Gasteiger partial charge on any atom is -0.320 e. The molecule has 6 heteroatoms. The van der Waals surface area contributed by atoms with Gasteiger partial charge < -0.3 is 5.32 Å². The van der Waals surface area contributed by atoms with Gasteiger partial charge in [-0.1, -0.05) is 17.7 Å². The monoisotopic (exact) mass is 313 g/mol. The van der Waals surface area contributed by atoms with E-state index in [1.54, 1.807) is 19.1 Å². The molecule has 1 N–H and O–H groups in total. The van der Waals surface area contributed by atoms with Gasteiger partial charge in [0.15, 0.2) is 17.5 Å². The van der Waals surface area contributed by atoms with Crippen LogP contribution in [0.4, 0.5) is 18.9 Å². The molecule has 0 fully saturated rings. The first-order valence-electron chi connectivity index (χ1n) is 6.03. The second-order valence-electron chi connectivity index (χ2n) is 4.62. The number of rotatable bonds is 2. The number of carbonyl (C=O) groups is 1. The van der Waals surface area contributed by atoms with Gasteiger partial charge in [-0.25, -0.2) is 13.2 Å². The molecule has 2 aromatic rings. The van der Waals surface area contributed by atoms with E-state index in [1.165, 1.54) is 0 Å². The van der Waals surface area contributed by atoms with Gasteiger partial charge in [-0.3, -0.25) is 4.79 Å². The maximum absolute atomic E-state index is 13.6. The van der Waals surface area contributed by atoms with E-state index in [4.69, 9.17) is 11.6 Å². The van der Waals surface area contributed by atoms with Crippen LogP contribution < -0.4 is 5.32 Å². The lowest BCUT2D eigenvalue weighted by molar-refractivity contribution is 0.102. The fraction of sp³-hybridized carbons (Fsp3) is 0.133. The van der Waals surface area contributed by atoms with Crippen molar-refractivity contribution >= 4 is 23.2 Å². The zero-order valence-electron chi connectivity index (χ0n) is 11.2. The lowest BCUT2D eigenvalue weighted by Gasteiger charge is -2.12. The van der Waals surface area contributed by atoms with E-state index in [0.29, 0.717) is 17.3 Å². The van der Waals surface area contributed by atoms with Gasteiger partial charge in [-0.15, -0.1) is 0 Å². The van der Waals surface area contributed by atoms with Crippen LogP contribution in [0.15, 0.2) is 24.3 Å². The van der Waals surface area contributed by atoms with Crippen LogP contribution in [0.1, 0.15) is 21.5 Å². The summed E-state index contributed by atoms with van der Waals surface area (Å²) in [5.41, 5.74) is 1.28. The van der Waals surface area contributed by atoms with E-state index in [2.05, 4.69) is 5.32 Å². The summed E-state index contributed by atoms with van der Waals surface area (Å²) in [6, 6.07) is 4.98. The fourth-order valence-corrected chi connectivity index (χ4v) is 2.32. The van der Waals surface area contributed by atoms with Crippen LogP contribution in [0.25, 0.3) is 0 Å². The number of hydrogen-bond donors (Lipinski definition) is 1. The molecule has 0 aliphatic carbocycles. The predicted molar refractivity (Wildman–Crippen MR) is 75.2 cm³/mol. The molecule has 0 radical (unpaired) electrons. The van der Waals surface area contributed by atoms with Crippen molar-refractivity contribution in [1.29, 1.82) is 0 Å². The Morgan fingerprint density at radius 2 is 1.76 bits per heavy atom. The summed E-state index contributed by atoms with van der Waals surface area (Å²) in [4.78, 5) is 12.0. The molecule has 0 aliphatic heterocycles. The summed E-state index contributed by atoms with van der Waals surface area (Å²) in [5.74, 6) is -5.48. The molecule has 1 amide bonds. The molecule has 2 rings (SSSR count). The SMILES string of the molecule is Cc1cc(C)c(NC(=O)c2ccc(F)c(F)c2F)c(Cl)c1. The van der Waals surface area contributed by atoms with E-state index in [-0.39, 0.29) is 5.02 Å². The largest absolute Gasteiger partial charge is 0.320 e. The number of amides is 1. The molecule has 110 valence electrons. The molecule has 0 atom stereocenters. The fourth-order valence-electron chi connectivity index (χ4n) is 1.96. The zero-order chi connectivity index (χ0) is 15.7. The number of aryl methyl sites for hydroxylation is 2. The molecular formula is C15H11ClF3NO. The van der Waals surface area contributed by atoms with E-state index in [1.807, 2.05) is 6.92 Å². The van der Waals surface area contributed by atoms with Gasteiger partial charge in [0, 0.05) is 0 Å². The molecular weight excluding hydrogens is 303 g/mol. The average molecular weight is 314 g/mol. The van der Waals surface area contributed by atoms with E-state index in [9.17, 15) is 18.0 Å². The van der Waals surface area contributed by atoms with Crippen molar-refractivity contribution < 1.29 is 18.0 Å². The Labute approximate surface area is 124 Å². The van der Waals surface area contributed by atoms with Crippen molar-refractivity contribution in [3.8, 4) is 0 Å². The summed E-state index contributed by atoms with van der Waals surface area (Å²) >= 11 is 6.02. The topological polar surface area (TPSA) is 29.1 Å². The third kappa shape index (κ3) is 3.03. The molecule has 0 unspecified atom stereocenters. The zero-order valence-corrected chi connectivity index (χ0v) is 12.0. The first-order valence-corrected chi connectivity index (χ1v) is 6.40. The Hall–Kier alpha value is -2.01. The summed E-state index contributed by atoms with van der Waals surface area (Å²) in [5, 5.41) is 2.69. The van der Waals surface area contributed by atoms with Gasteiger partial charge in [0.05, 0.1) is 16.3 Å². The first kappa shape index (κ1) is 15.4. The van der Waals surface area contributed by atoms with Crippen LogP contribution in [0.5, 0.6) is 0 Å². The Morgan fingerprint density at radius 1 is 1.10 bits per heavy atom. The van der Waals surface area contributed by atoms with Crippen LogP contribution >= 0.6 is 11.6 Å². The van der Waals surface area contributed by atoms with Crippen molar-refractivity contribution in [3.63, 3.8) is 0 Å². The second-order valence-corrected chi connectivity index (χ2v) is 5.02. The maximum Gasteiger partial charge on any atom is 0.258 e. The van der Waals surface area contributed by atoms with Crippen molar-refractivity contribution in [2.24, 2.45) is 0 Å². The van der Waals surface area contributed by atoms with E-state index < -0.39 is 28.9 Å². The van der Waals surface area contributed by atoms with Crippen molar-refractivity contribution in [2.45, 2.75) is 13.8 Å². The molecule has 0 spiro atoms. The van der Waals surface area contributed by atoms with Crippen molar-refractivity contribution in [3.05, 3.63) is 63.4 Å². The summed E-state index contributed by atoms with van der Waals surface area (Å²) in [6.07, 6.45) is 0. The molecule has 0 saturated heterocycles. The molecule has 0 bridgehead atoms. The quantitative estimate of drug-likeness (QED) is 0.805. The first-order chi connectivity index (χ1) is 9.81. The van der Waals surface area contributed by atoms with Gasteiger partial charge in [-0.2, -0.15) is 0 Å². The molecule has 0 saturated carbocycles.